The molecule has 3 N–H and O–H groups in total. The van der Waals surface area contributed by atoms with Gasteiger partial charge in [-0.25, -0.2) is 4.98 Å². The highest BCUT2D eigenvalue weighted by molar-refractivity contribution is 6.32. The van der Waals surface area contributed by atoms with Crippen LogP contribution in [0.1, 0.15) is 77.8 Å². The summed E-state index contributed by atoms with van der Waals surface area (Å²) in [5.74, 6) is 0.605. The molecule has 2 amide bonds. The number of piperidine rings is 1. The number of nitrogens with zero attached hydrogens (tertiary/aromatic N) is 3. The van der Waals surface area contributed by atoms with Gasteiger partial charge in [0, 0.05) is 64.6 Å². The monoisotopic (exact) mass is 786 g/mol. The van der Waals surface area contributed by atoms with Crippen LogP contribution in [0.25, 0.3) is 22.2 Å². The highest BCUT2D eigenvalue weighted by atomic mass is 35.5. The Morgan fingerprint density at radius 1 is 0.946 bits per heavy atom. The van der Waals surface area contributed by atoms with E-state index in [0.29, 0.717) is 46.9 Å². The lowest BCUT2D eigenvalue weighted by Gasteiger charge is -2.39. The first kappa shape index (κ1) is 36.5. The predicted octanol–water partition coefficient (Wildman–Crippen LogP) is 9.46. The fraction of sp³-hybridized carbons (Fsp3) is 0.311. The van der Waals surface area contributed by atoms with E-state index in [2.05, 4.69) is 81.0 Å². The first-order chi connectivity index (χ1) is 27.3. The summed E-state index contributed by atoms with van der Waals surface area (Å²) >= 11 is 13.3. The fourth-order valence-electron chi connectivity index (χ4n) is 8.98. The Labute approximate surface area is 336 Å². The summed E-state index contributed by atoms with van der Waals surface area (Å²) in [6.07, 6.45) is 10.3. The number of H-pyrrole nitrogens is 1. The molecule has 3 unspecified atom stereocenters. The number of aromatic amines is 1. The topological polar surface area (TPSA) is 103 Å². The number of nitrogens with one attached hydrogen (secondary N) is 3. The van der Waals surface area contributed by atoms with Gasteiger partial charge >= 0.3 is 0 Å². The smallest absolute Gasteiger partial charge is 0.272 e. The summed E-state index contributed by atoms with van der Waals surface area (Å²) in [4.78, 5) is 40.6. The van der Waals surface area contributed by atoms with Gasteiger partial charge < -0.3 is 30.2 Å². The third-order valence-corrected chi connectivity index (χ3v) is 12.1. The number of carbonyl (C=O) groups excluding carboxylic acids is 2. The summed E-state index contributed by atoms with van der Waals surface area (Å²) in [5.41, 5.74) is 8.04. The third kappa shape index (κ3) is 6.86. The number of anilines is 2. The van der Waals surface area contributed by atoms with Gasteiger partial charge in [-0.15, -0.1) is 0 Å². The van der Waals surface area contributed by atoms with Crippen molar-refractivity contribution in [1.82, 2.24) is 20.2 Å². The molecule has 5 aromatic rings. The van der Waals surface area contributed by atoms with E-state index >= 15 is 0 Å². The molecule has 9 nitrogen and oxygen atoms in total. The van der Waals surface area contributed by atoms with Crippen molar-refractivity contribution < 1.29 is 14.3 Å². The normalized spacial score (nSPS) is 21.2. The molecule has 4 aliphatic heterocycles. The molecule has 2 fully saturated rings. The molecule has 0 spiro atoms. The molecule has 286 valence electrons. The van der Waals surface area contributed by atoms with Crippen molar-refractivity contribution in [2.24, 2.45) is 11.8 Å². The van der Waals surface area contributed by atoms with Gasteiger partial charge in [0.2, 0.25) is 5.91 Å². The number of allylic oxidation sites excluding steroid dienone is 2. The maximum absolute atomic E-state index is 14.9. The number of hydrogen-bond donors (Lipinski definition) is 3. The minimum atomic E-state index is -0.268. The number of pyridine rings is 1. The SMILES string of the molecule is CC1CC=CN2C(=C1c1ccccc1)c1c(C(=O)Nc3cccnc3N3CCC(NC(=O)C4CCCOC4)CC3)[nH]c3cc(Cl)cc(c13)C2c1ccc(Cl)cc1. The van der Waals surface area contributed by atoms with Crippen LogP contribution in [0.4, 0.5) is 11.5 Å². The van der Waals surface area contributed by atoms with Crippen molar-refractivity contribution in [3.63, 3.8) is 0 Å². The average Bonchev–Trinajstić information content (AvgIpc) is 3.51. The van der Waals surface area contributed by atoms with Crippen LogP contribution >= 0.6 is 23.2 Å². The molecule has 11 heteroatoms. The summed E-state index contributed by atoms with van der Waals surface area (Å²) in [7, 11) is 0. The molecular weight excluding hydrogens is 743 g/mol. The van der Waals surface area contributed by atoms with E-state index in [0.717, 1.165) is 83.1 Å². The number of rotatable bonds is 7. The van der Waals surface area contributed by atoms with Crippen LogP contribution in [0.15, 0.2) is 97.3 Å². The molecule has 0 radical (unpaired) electrons. The summed E-state index contributed by atoms with van der Waals surface area (Å²) in [5, 5.41) is 8.74. The molecular formula is C45H44Cl2N6O3. The number of ether oxygens (including phenoxy) is 1. The second-order valence-corrected chi connectivity index (χ2v) is 16.2. The quantitative estimate of drug-likeness (QED) is 0.152. The number of amides is 2. The Kier molecular flexibility index (Phi) is 10.1. The number of carbonyl (C=O) groups is 2. The van der Waals surface area contributed by atoms with Crippen molar-refractivity contribution in [3.8, 4) is 0 Å². The first-order valence-electron chi connectivity index (χ1n) is 19.6. The van der Waals surface area contributed by atoms with Gasteiger partial charge in [0.05, 0.1) is 30.0 Å². The standard InChI is InChI=1S/C45H44Cl2N6O3/c1-27-8-6-20-53-41(29-13-15-31(46)16-14-29)34-24-32(47)25-36-38(34)39(42(53)37(27)28-9-3-2-4-10-28)40(50-36)45(55)51-35-12-5-19-48-43(35)52-21-17-33(18-22-52)49-44(54)30-11-7-23-56-26-30/h2-6,9-10,12-16,19-20,24-25,27,30,33,41,50H,7-8,11,17-18,21-23,26H2,1H3,(H,49,54)(H,51,55). The number of aromatic nitrogens is 2. The molecule has 3 aromatic carbocycles. The van der Waals surface area contributed by atoms with Crippen molar-refractivity contribution in [1.29, 1.82) is 0 Å². The molecule has 0 saturated carbocycles. The Balaban J connectivity index is 1.10. The van der Waals surface area contributed by atoms with E-state index in [1.54, 1.807) is 6.20 Å². The second-order valence-electron chi connectivity index (χ2n) is 15.3. The molecule has 0 bridgehead atoms. The van der Waals surface area contributed by atoms with Gasteiger partial charge in [-0.05, 0) is 96.7 Å². The fourth-order valence-corrected chi connectivity index (χ4v) is 9.33. The molecule has 9 rings (SSSR count). The average molecular weight is 788 g/mol. The van der Waals surface area contributed by atoms with Crippen molar-refractivity contribution >= 4 is 68.7 Å². The zero-order chi connectivity index (χ0) is 38.3. The van der Waals surface area contributed by atoms with Gasteiger partial charge in [0.15, 0.2) is 5.82 Å². The largest absolute Gasteiger partial charge is 0.381 e. The number of benzene rings is 3. The lowest BCUT2D eigenvalue weighted by Crippen LogP contribution is -2.47. The molecule has 3 atom stereocenters. The molecule has 4 aliphatic rings. The van der Waals surface area contributed by atoms with Crippen LogP contribution in [0.2, 0.25) is 10.0 Å². The van der Waals surface area contributed by atoms with E-state index < -0.39 is 0 Å². The van der Waals surface area contributed by atoms with Crippen molar-refractivity contribution in [2.75, 3.05) is 36.5 Å². The van der Waals surface area contributed by atoms with E-state index in [9.17, 15) is 9.59 Å². The molecule has 2 saturated heterocycles. The summed E-state index contributed by atoms with van der Waals surface area (Å²) in [6, 6.07) is 26.0. The molecule has 56 heavy (non-hydrogen) atoms. The van der Waals surface area contributed by atoms with Gasteiger partial charge in [0.1, 0.15) is 5.69 Å². The minimum absolute atomic E-state index is 0.0754. The minimum Gasteiger partial charge on any atom is -0.381 e. The van der Waals surface area contributed by atoms with Gasteiger partial charge in [-0.2, -0.15) is 0 Å². The lowest BCUT2D eigenvalue weighted by atomic mass is 9.82. The Bertz CT molecular complexity index is 2340. The zero-order valence-electron chi connectivity index (χ0n) is 31.2. The van der Waals surface area contributed by atoms with Gasteiger partial charge in [0.25, 0.3) is 5.91 Å². The van der Waals surface area contributed by atoms with Crippen molar-refractivity contribution in [3.05, 3.63) is 135 Å². The highest BCUT2D eigenvalue weighted by Crippen LogP contribution is 2.53. The van der Waals surface area contributed by atoms with Crippen LogP contribution in [-0.2, 0) is 9.53 Å². The van der Waals surface area contributed by atoms with E-state index in [1.807, 2.05) is 42.5 Å². The van der Waals surface area contributed by atoms with Crippen LogP contribution in [0, 0.1) is 11.8 Å². The van der Waals surface area contributed by atoms with Crippen LogP contribution in [0.3, 0.4) is 0 Å². The zero-order valence-corrected chi connectivity index (χ0v) is 32.7. The maximum atomic E-state index is 14.9. The van der Waals surface area contributed by atoms with Crippen LogP contribution in [0.5, 0.6) is 0 Å². The number of hydrogen-bond acceptors (Lipinski definition) is 6. The summed E-state index contributed by atoms with van der Waals surface area (Å²) < 4.78 is 5.55. The summed E-state index contributed by atoms with van der Waals surface area (Å²) in [6.45, 7) is 4.88. The van der Waals surface area contributed by atoms with Crippen molar-refractivity contribution in [2.45, 2.75) is 51.1 Å². The van der Waals surface area contributed by atoms with Crippen LogP contribution in [-0.4, -0.2) is 59.0 Å². The van der Waals surface area contributed by atoms with Gasteiger partial charge in [-0.3, -0.25) is 9.59 Å². The first-order valence-corrected chi connectivity index (χ1v) is 20.3. The second kappa shape index (κ2) is 15.4. The molecule has 2 aromatic heterocycles. The number of halogens is 2. The lowest BCUT2D eigenvalue weighted by molar-refractivity contribution is -0.129. The van der Waals surface area contributed by atoms with E-state index in [1.165, 1.54) is 0 Å². The third-order valence-electron chi connectivity index (χ3n) is 11.7. The van der Waals surface area contributed by atoms with Crippen LogP contribution < -0.4 is 15.5 Å². The molecule has 6 heterocycles. The predicted molar refractivity (Wildman–Crippen MR) is 224 cm³/mol. The van der Waals surface area contributed by atoms with Gasteiger partial charge in [-0.1, -0.05) is 78.7 Å². The Morgan fingerprint density at radius 2 is 1.75 bits per heavy atom. The Hall–Kier alpha value is -5.09. The maximum Gasteiger partial charge on any atom is 0.272 e. The number of fused-ring (bicyclic) bond motifs is 2. The highest BCUT2D eigenvalue weighted by Gasteiger charge is 2.40. The van der Waals surface area contributed by atoms with E-state index in [4.69, 9.17) is 32.9 Å². The van der Waals surface area contributed by atoms with E-state index in [-0.39, 0.29) is 35.7 Å². The Morgan fingerprint density at radius 3 is 2.52 bits per heavy atom. The molecule has 0 aliphatic carbocycles.